The summed E-state index contributed by atoms with van der Waals surface area (Å²) >= 11 is 0. The van der Waals surface area contributed by atoms with Crippen molar-refractivity contribution in [3.8, 4) is 0 Å². The Morgan fingerprint density at radius 1 is 1.11 bits per heavy atom. The molecule has 3 N–H and O–H groups in total. The SMILES string of the molecule is O=C(NCCO)c1cccc(Nc2ccnc3cc(C(F)(F)F)ccc23)c1. The van der Waals surface area contributed by atoms with Crippen LogP contribution in [0.5, 0.6) is 0 Å². The molecule has 8 heteroatoms. The molecular formula is C19H16F3N3O2. The van der Waals surface area contributed by atoms with Crippen molar-refractivity contribution in [1.29, 1.82) is 0 Å². The van der Waals surface area contributed by atoms with Crippen LogP contribution in [0.3, 0.4) is 0 Å². The van der Waals surface area contributed by atoms with Crippen molar-refractivity contribution in [2.75, 3.05) is 18.5 Å². The molecule has 0 aliphatic heterocycles. The van der Waals surface area contributed by atoms with E-state index < -0.39 is 11.7 Å². The number of nitrogens with zero attached hydrogens (tertiary/aromatic N) is 1. The summed E-state index contributed by atoms with van der Waals surface area (Å²) in [6.07, 6.45) is -3.02. The summed E-state index contributed by atoms with van der Waals surface area (Å²) in [5.41, 5.74) is 1.01. The number of halogens is 3. The third-order valence-corrected chi connectivity index (χ3v) is 3.87. The van der Waals surface area contributed by atoms with Gasteiger partial charge in [-0.25, -0.2) is 0 Å². The lowest BCUT2D eigenvalue weighted by Gasteiger charge is -2.12. The summed E-state index contributed by atoms with van der Waals surface area (Å²) < 4.78 is 38.6. The van der Waals surface area contributed by atoms with Gasteiger partial charge in [-0.1, -0.05) is 12.1 Å². The second-order valence-corrected chi connectivity index (χ2v) is 5.77. The summed E-state index contributed by atoms with van der Waals surface area (Å²) in [6.45, 7) is -0.0143. The van der Waals surface area contributed by atoms with E-state index in [4.69, 9.17) is 5.11 Å². The number of aliphatic hydroxyl groups excluding tert-OH is 1. The van der Waals surface area contributed by atoms with Crippen molar-refractivity contribution >= 4 is 28.2 Å². The number of fused-ring (bicyclic) bond motifs is 1. The Morgan fingerprint density at radius 3 is 2.67 bits per heavy atom. The number of benzene rings is 2. The summed E-state index contributed by atoms with van der Waals surface area (Å²) in [5, 5.41) is 15.0. The van der Waals surface area contributed by atoms with Crippen molar-refractivity contribution in [1.82, 2.24) is 10.3 Å². The number of hydrogen-bond acceptors (Lipinski definition) is 4. The van der Waals surface area contributed by atoms with E-state index in [1.165, 1.54) is 12.3 Å². The van der Waals surface area contributed by atoms with Crippen LogP contribution < -0.4 is 10.6 Å². The van der Waals surface area contributed by atoms with Gasteiger partial charge in [0.15, 0.2) is 0 Å². The number of pyridine rings is 1. The second-order valence-electron chi connectivity index (χ2n) is 5.77. The van der Waals surface area contributed by atoms with Crippen molar-refractivity contribution in [2.24, 2.45) is 0 Å². The summed E-state index contributed by atoms with van der Waals surface area (Å²) in [6, 6.07) is 11.7. The standard InChI is InChI=1S/C19H16F3N3O2/c20-19(21,22)13-4-5-15-16(6-7-23-17(15)11-13)25-14-3-1-2-12(10-14)18(27)24-8-9-26/h1-7,10-11,26H,8-9H2,(H,23,25)(H,24,27). The van der Waals surface area contributed by atoms with Gasteiger partial charge in [-0.15, -0.1) is 0 Å². The van der Waals surface area contributed by atoms with Gasteiger partial charge in [-0.2, -0.15) is 13.2 Å². The highest BCUT2D eigenvalue weighted by molar-refractivity contribution is 5.96. The number of aliphatic hydroxyl groups is 1. The minimum Gasteiger partial charge on any atom is -0.395 e. The molecule has 140 valence electrons. The van der Waals surface area contributed by atoms with Gasteiger partial charge >= 0.3 is 6.18 Å². The largest absolute Gasteiger partial charge is 0.416 e. The van der Waals surface area contributed by atoms with E-state index in [1.54, 1.807) is 30.3 Å². The lowest BCUT2D eigenvalue weighted by molar-refractivity contribution is -0.137. The molecule has 27 heavy (non-hydrogen) atoms. The highest BCUT2D eigenvalue weighted by atomic mass is 19.4. The number of hydrogen-bond donors (Lipinski definition) is 3. The molecule has 1 heterocycles. The van der Waals surface area contributed by atoms with Gasteiger partial charge in [0.2, 0.25) is 0 Å². The monoisotopic (exact) mass is 375 g/mol. The number of amides is 1. The minimum atomic E-state index is -4.43. The number of carbonyl (C=O) groups excluding carboxylic acids is 1. The Balaban J connectivity index is 1.90. The molecule has 0 aliphatic rings. The lowest BCUT2D eigenvalue weighted by atomic mass is 10.1. The van der Waals surface area contributed by atoms with E-state index in [0.29, 0.717) is 22.3 Å². The number of aromatic nitrogens is 1. The first kappa shape index (κ1) is 18.7. The molecule has 0 aliphatic carbocycles. The van der Waals surface area contributed by atoms with Gasteiger partial charge in [0.25, 0.3) is 5.91 Å². The molecule has 0 atom stereocenters. The van der Waals surface area contributed by atoms with Gasteiger partial charge in [-0.3, -0.25) is 9.78 Å². The van der Waals surface area contributed by atoms with E-state index >= 15 is 0 Å². The van der Waals surface area contributed by atoms with Gasteiger partial charge in [0, 0.05) is 35.1 Å². The van der Waals surface area contributed by atoms with Crippen molar-refractivity contribution in [2.45, 2.75) is 6.18 Å². The predicted molar refractivity (Wildman–Crippen MR) is 95.9 cm³/mol. The first-order valence-corrected chi connectivity index (χ1v) is 8.10. The number of nitrogens with one attached hydrogen (secondary N) is 2. The van der Waals surface area contributed by atoms with Gasteiger partial charge in [0.05, 0.1) is 17.7 Å². The van der Waals surface area contributed by atoms with E-state index in [1.807, 2.05) is 0 Å². The Hall–Kier alpha value is -3.13. The van der Waals surface area contributed by atoms with Crippen LogP contribution in [0.2, 0.25) is 0 Å². The Kier molecular flexibility index (Phi) is 5.27. The number of carbonyl (C=O) groups is 1. The zero-order chi connectivity index (χ0) is 19.4. The van der Waals surface area contributed by atoms with E-state index in [2.05, 4.69) is 15.6 Å². The van der Waals surface area contributed by atoms with E-state index in [0.717, 1.165) is 12.1 Å². The van der Waals surface area contributed by atoms with Crippen molar-refractivity contribution < 1.29 is 23.1 Å². The minimum absolute atomic E-state index is 0.146. The fourth-order valence-corrected chi connectivity index (χ4v) is 2.60. The molecule has 0 fully saturated rings. The molecular weight excluding hydrogens is 359 g/mol. The maximum atomic E-state index is 12.9. The van der Waals surface area contributed by atoms with Gasteiger partial charge < -0.3 is 15.7 Å². The molecule has 2 aromatic carbocycles. The maximum absolute atomic E-state index is 12.9. The highest BCUT2D eigenvalue weighted by Crippen LogP contribution is 2.33. The lowest BCUT2D eigenvalue weighted by Crippen LogP contribution is -2.26. The van der Waals surface area contributed by atoms with Crippen molar-refractivity contribution in [3.05, 3.63) is 65.9 Å². The quantitative estimate of drug-likeness (QED) is 0.635. The van der Waals surface area contributed by atoms with Crippen LogP contribution in [-0.4, -0.2) is 29.1 Å². The molecule has 5 nitrogen and oxygen atoms in total. The number of anilines is 2. The molecule has 0 bridgehead atoms. The zero-order valence-electron chi connectivity index (χ0n) is 14.0. The molecule has 0 radical (unpaired) electrons. The highest BCUT2D eigenvalue weighted by Gasteiger charge is 2.30. The van der Waals surface area contributed by atoms with Gasteiger partial charge in [-0.05, 0) is 36.4 Å². The van der Waals surface area contributed by atoms with Crippen LogP contribution in [0.15, 0.2) is 54.7 Å². The Labute approximate surface area is 152 Å². The normalized spacial score (nSPS) is 11.4. The van der Waals surface area contributed by atoms with Crippen LogP contribution >= 0.6 is 0 Å². The zero-order valence-corrected chi connectivity index (χ0v) is 14.0. The van der Waals surface area contributed by atoms with Gasteiger partial charge in [0.1, 0.15) is 0 Å². The Bertz CT molecular complexity index is 974. The van der Waals surface area contributed by atoms with Crippen LogP contribution in [0, 0.1) is 0 Å². The first-order chi connectivity index (χ1) is 12.9. The fourth-order valence-electron chi connectivity index (χ4n) is 2.60. The molecule has 0 unspecified atom stereocenters. The number of alkyl halides is 3. The molecule has 0 spiro atoms. The molecule has 3 aromatic rings. The smallest absolute Gasteiger partial charge is 0.395 e. The maximum Gasteiger partial charge on any atom is 0.416 e. The summed E-state index contributed by atoms with van der Waals surface area (Å²) in [7, 11) is 0. The number of rotatable bonds is 5. The fraction of sp³-hybridized carbons (Fsp3) is 0.158. The van der Waals surface area contributed by atoms with Crippen LogP contribution in [-0.2, 0) is 6.18 Å². The van der Waals surface area contributed by atoms with E-state index in [-0.39, 0.29) is 24.6 Å². The molecule has 3 rings (SSSR count). The first-order valence-electron chi connectivity index (χ1n) is 8.10. The average molecular weight is 375 g/mol. The topological polar surface area (TPSA) is 74.2 Å². The molecule has 1 aromatic heterocycles. The average Bonchev–Trinajstić information content (AvgIpc) is 2.65. The molecule has 1 amide bonds. The third kappa shape index (κ3) is 4.35. The summed E-state index contributed by atoms with van der Waals surface area (Å²) in [4.78, 5) is 16.0. The van der Waals surface area contributed by atoms with E-state index in [9.17, 15) is 18.0 Å². The predicted octanol–water partition coefficient (Wildman–Crippen LogP) is 3.72. The van der Waals surface area contributed by atoms with Crippen LogP contribution in [0.25, 0.3) is 10.9 Å². The third-order valence-electron chi connectivity index (χ3n) is 3.87. The van der Waals surface area contributed by atoms with Crippen LogP contribution in [0.1, 0.15) is 15.9 Å². The second kappa shape index (κ2) is 7.63. The molecule has 0 saturated carbocycles. The molecule has 0 saturated heterocycles. The van der Waals surface area contributed by atoms with Crippen LogP contribution in [0.4, 0.5) is 24.5 Å². The summed E-state index contributed by atoms with van der Waals surface area (Å²) in [5.74, 6) is -0.331. The van der Waals surface area contributed by atoms with Crippen molar-refractivity contribution in [3.63, 3.8) is 0 Å². The Morgan fingerprint density at radius 2 is 1.93 bits per heavy atom.